The lowest BCUT2D eigenvalue weighted by Crippen LogP contribution is -2.17. The number of nitrogens with one attached hydrogen (secondary N) is 1. The van der Waals surface area contributed by atoms with Crippen LogP contribution in [-0.2, 0) is 10.1 Å². The molecule has 144 valence electrons. The predicted octanol–water partition coefficient (Wildman–Crippen LogP) is 3.09. The summed E-state index contributed by atoms with van der Waals surface area (Å²) in [5.74, 6) is -0.395. The van der Waals surface area contributed by atoms with E-state index in [0.29, 0.717) is 16.7 Å². The van der Waals surface area contributed by atoms with Gasteiger partial charge in [0.15, 0.2) is 5.75 Å². The Kier molecular flexibility index (Phi) is 6.02. The molecular formula is C21H15N3O4S. The number of hydrogen-bond acceptors (Lipinski definition) is 6. The molecule has 3 aromatic rings. The van der Waals surface area contributed by atoms with Gasteiger partial charge < -0.3 is 4.18 Å². The van der Waals surface area contributed by atoms with E-state index >= 15 is 0 Å². The number of benzene rings is 3. The molecule has 0 aliphatic carbocycles. The Morgan fingerprint density at radius 1 is 0.966 bits per heavy atom. The number of hydrogen-bond donors (Lipinski definition) is 1. The normalized spacial score (nSPS) is 11.0. The summed E-state index contributed by atoms with van der Waals surface area (Å²) in [7, 11) is -4.00. The van der Waals surface area contributed by atoms with Gasteiger partial charge in [-0.1, -0.05) is 30.3 Å². The van der Waals surface area contributed by atoms with Gasteiger partial charge in [0.25, 0.3) is 5.91 Å². The average molecular weight is 405 g/mol. The number of nitrogens with zero attached hydrogens (tertiary/aromatic N) is 2. The molecule has 0 spiro atoms. The highest BCUT2D eigenvalue weighted by Crippen LogP contribution is 2.21. The molecule has 0 fully saturated rings. The number of hydrazone groups is 1. The average Bonchev–Trinajstić information content (AvgIpc) is 2.75. The van der Waals surface area contributed by atoms with Crippen LogP contribution in [0.4, 0.5) is 0 Å². The van der Waals surface area contributed by atoms with Crippen LogP contribution >= 0.6 is 0 Å². The summed E-state index contributed by atoms with van der Waals surface area (Å²) >= 11 is 0. The standard InChI is InChI=1S/C21H15N3O4S/c22-14-16-10-12-17(13-11-16)21(25)24-23-15-18-6-4-5-9-20(18)28-29(26,27)19-7-2-1-3-8-19/h1-13,15H,(H,24,25). The lowest BCUT2D eigenvalue weighted by molar-refractivity contribution is 0.0955. The van der Waals surface area contributed by atoms with Gasteiger partial charge in [0, 0.05) is 11.1 Å². The largest absolute Gasteiger partial charge is 0.378 e. The molecule has 0 aromatic heterocycles. The molecule has 0 radical (unpaired) electrons. The van der Waals surface area contributed by atoms with Crippen LogP contribution in [0.15, 0.2) is 88.9 Å². The quantitative estimate of drug-likeness (QED) is 0.385. The molecule has 0 heterocycles. The van der Waals surface area contributed by atoms with Crippen molar-refractivity contribution in [1.29, 1.82) is 5.26 Å². The predicted molar refractivity (Wildman–Crippen MR) is 107 cm³/mol. The third-order valence-electron chi connectivity index (χ3n) is 3.80. The van der Waals surface area contributed by atoms with Gasteiger partial charge in [0.05, 0.1) is 17.8 Å². The second-order valence-corrected chi connectivity index (χ2v) is 7.32. The highest BCUT2D eigenvalue weighted by Gasteiger charge is 2.17. The summed E-state index contributed by atoms with van der Waals surface area (Å²) in [6.07, 6.45) is 1.29. The number of amides is 1. The van der Waals surface area contributed by atoms with E-state index in [2.05, 4.69) is 10.5 Å². The molecule has 3 aromatic carbocycles. The van der Waals surface area contributed by atoms with Gasteiger partial charge in [-0.3, -0.25) is 4.79 Å². The van der Waals surface area contributed by atoms with Crippen LogP contribution in [0.25, 0.3) is 0 Å². The molecule has 0 saturated heterocycles. The highest BCUT2D eigenvalue weighted by molar-refractivity contribution is 7.87. The molecule has 0 aliphatic heterocycles. The molecule has 1 N–H and O–H groups in total. The molecule has 0 aliphatic rings. The van der Waals surface area contributed by atoms with Crippen molar-refractivity contribution in [2.45, 2.75) is 4.90 Å². The molecule has 8 heteroatoms. The van der Waals surface area contributed by atoms with E-state index in [9.17, 15) is 13.2 Å². The molecule has 0 unspecified atom stereocenters. The second-order valence-electron chi connectivity index (χ2n) is 5.78. The zero-order valence-corrected chi connectivity index (χ0v) is 15.8. The fourth-order valence-corrected chi connectivity index (χ4v) is 3.31. The fraction of sp³-hybridized carbons (Fsp3) is 0. The monoisotopic (exact) mass is 405 g/mol. The van der Waals surface area contributed by atoms with Crippen molar-refractivity contribution in [3.05, 3.63) is 95.6 Å². The van der Waals surface area contributed by atoms with Gasteiger partial charge in [0.1, 0.15) is 4.90 Å². The topological polar surface area (TPSA) is 109 Å². The van der Waals surface area contributed by atoms with E-state index in [1.807, 2.05) is 6.07 Å². The summed E-state index contributed by atoms with van der Waals surface area (Å²) in [4.78, 5) is 12.1. The Bertz CT molecular complexity index is 1180. The third kappa shape index (κ3) is 5.06. The first kappa shape index (κ1) is 19.8. The second kappa shape index (κ2) is 8.82. The van der Waals surface area contributed by atoms with Crippen molar-refractivity contribution >= 4 is 22.2 Å². The van der Waals surface area contributed by atoms with E-state index in [1.165, 1.54) is 48.7 Å². The third-order valence-corrected chi connectivity index (χ3v) is 5.04. The number of carbonyl (C=O) groups excluding carboxylic acids is 1. The van der Waals surface area contributed by atoms with Crippen molar-refractivity contribution in [1.82, 2.24) is 5.43 Å². The van der Waals surface area contributed by atoms with E-state index in [1.54, 1.807) is 36.4 Å². The molecular weight excluding hydrogens is 390 g/mol. The van der Waals surface area contributed by atoms with E-state index in [0.717, 1.165) is 0 Å². The van der Waals surface area contributed by atoms with Crippen LogP contribution in [0.5, 0.6) is 5.75 Å². The van der Waals surface area contributed by atoms with E-state index < -0.39 is 16.0 Å². The van der Waals surface area contributed by atoms with Crippen LogP contribution in [0, 0.1) is 11.3 Å². The van der Waals surface area contributed by atoms with Crippen molar-refractivity contribution in [2.75, 3.05) is 0 Å². The zero-order chi connectivity index (χ0) is 20.7. The lowest BCUT2D eigenvalue weighted by atomic mass is 10.1. The van der Waals surface area contributed by atoms with Gasteiger partial charge in [-0.15, -0.1) is 0 Å². The number of nitriles is 1. The van der Waals surface area contributed by atoms with Crippen LogP contribution in [0.3, 0.4) is 0 Å². The zero-order valence-electron chi connectivity index (χ0n) is 15.0. The summed E-state index contributed by atoms with van der Waals surface area (Å²) in [5.41, 5.74) is 3.49. The molecule has 7 nitrogen and oxygen atoms in total. The van der Waals surface area contributed by atoms with Crippen LogP contribution < -0.4 is 9.61 Å². The minimum atomic E-state index is -4.00. The summed E-state index contributed by atoms with van der Waals surface area (Å²) in [6, 6.07) is 22.2. The molecule has 0 bridgehead atoms. The summed E-state index contributed by atoms with van der Waals surface area (Å²) in [6.45, 7) is 0. The van der Waals surface area contributed by atoms with Crippen LogP contribution in [0.1, 0.15) is 21.5 Å². The SMILES string of the molecule is N#Cc1ccc(C(=O)NN=Cc2ccccc2OS(=O)(=O)c2ccccc2)cc1. The van der Waals surface area contributed by atoms with Crippen LogP contribution in [-0.4, -0.2) is 20.5 Å². The molecule has 1 amide bonds. The first-order valence-corrected chi connectivity index (χ1v) is 9.82. The molecule has 0 saturated carbocycles. The van der Waals surface area contributed by atoms with E-state index in [-0.39, 0.29) is 10.6 Å². The minimum Gasteiger partial charge on any atom is -0.378 e. The Morgan fingerprint density at radius 2 is 1.62 bits per heavy atom. The fourth-order valence-electron chi connectivity index (χ4n) is 2.34. The van der Waals surface area contributed by atoms with Crippen molar-refractivity contribution < 1.29 is 17.4 Å². The molecule has 3 rings (SSSR count). The maximum absolute atomic E-state index is 12.4. The number of carbonyl (C=O) groups is 1. The maximum Gasteiger partial charge on any atom is 0.339 e. The Hall–Kier alpha value is -3.96. The maximum atomic E-state index is 12.4. The van der Waals surface area contributed by atoms with E-state index in [4.69, 9.17) is 9.44 Å². The number of para-hydroxylation sites is 1. The first-order chi connectivity index (χ1) is 14.0. The Balaban J connectivity index is 1.73. The highest BCUT2D eigenvalue weighted by atomic mass is 32.2. The van der Waals surface area contributed by atoms with Gasteiger partial charge in [0.2, 0.25) is 0 Å². The van der Waals surface area contributed by atoms with Crippen LogP contribution in [0.2, 0.25) is 0 Å². The molecule has 29 heavy (non-hydrogen) atoms. The van der Waals surface area contributed by atoms with Gasteiger partial charge >= 0.3 is 10.1 Å². The molecule has 0 atom stereocenters. The van der Waals surface area contributed by atoms with Gasteiger partial charge in [-0.25, -0.2) is 5.43 Å². The Morgan fingerprint density at radius 3 is 2.31 bits per heavy atom. The van der Waals surface area contributed by atoms with Gasteiger partial charge in [-0.05, 0) is 48.5 Å². The van der Waals surface area contributed by atoms with Crippen molar-refractivity contribution in [2.24, 2.45) is 5.10 Å². The lowest BCUT2D eigenvalue weighted by Gasteiger charge is -2.09. The van der Waals surface area contributed by atoms with Crippen molar-refractivity contribution in [3.63, 3.8) is 0 Å². The first-order valence-electron chi connectivity index (χ1n) is 8.42. The smallest absolute Gasteiger partial charge is 0.339 e. The Labute approximate surface area is 168 Å². The number of rotatable bonds is 6. The van der Waals surface area contributed by atoms with Crippen molar-refractivity contribution in [3.8, 4) is 11.8 Å². The van der Waals surface area contributed by atoms with Gasteiger partial charge in [-0.2, -0.15) is 18.8 Å². The summed E-state index contributed by atoms with van der Waals surface area (Å²) in [5, 5.41) is 12.6. The minimum absolute atomic E-state index is 0.0286. The summed E-state index contributed by atoms with van der Waals surface area (Å²) < 4.78 is 30.1.